The van der Waals surface area contributed by atoms with Gasteiger partial charge in [-0.15, -0.1) is 0 Å². The molecule has 2 saturated heterocycles. The Morgan fingerprint density at radius 1 is 1.16 bits per heavy atom. The lowest BCUT2D eigenvalue weighted by Crippen LogP contribution is -2.58. The average Bonchev–Trinajstić information content (AvgIpc) is 3.53. The summed E-state index contributed by atoms with van der Waals surface area (Å²) >= 11 is 0. The Labute approximate surface area is 219 Å². The summed E-state index contributed by atoms with van der Waals surface area (Å²) < 4.78 is 11.9. The van der Waals surface area contributed by atoms with Crippen LogP contribution in [0.25, 0.3) is 0 Å². The molecule has 5 rings (SSSR count). The molecule has 3 heterocycles. The molecule has 0 unspecified atom stereocenters. The second-order valence-corrected chi connectivity index (χ2v) is 11.0. The van der Waals surface area contributed by atoms with Crippen molar-refractivity contribution in [3.63, 3.8) is 0 Å². The number of nitrogens with one attached hydrogen (secondary N) is 2. The Kier molecular flexibility index (Phi) is 7.05. The van der Waals surface area contributed by atoms with Crippen molar-refractivity contribution in [1.82, 2.24) is 10.2 Å². The fourth-order valence-electron chi connectivity index (χ4n) is 6.70. The molecule has 3 fully saturated rings. The maximum absolute atomic E-state index is 14.0. The molecule has 8 atom stereocenters. The van der Waals surface area contributed by atoms with Crippen molar-refractivity contribution < 1.29 is 23.9 Å². The van der Waals surface area contributed by atoms with Gasteiger partial charge in [-0.3, -0.25) is 14.4 Å². The van der Waals surface area contributed by atoms with Crippen LogP contribution in [0.15, 0.2) is 36.4 Å². The van der Waals surface area contributed by atoms with Crippen LogP contribution in [-0.2, 0) is 19.1 Å². The lowest BCUT2D eigenvalue weighted by Gasteiger charge is -2.37. The summed E-state index contributed by atoms with van der Waals surface area (Å²) in [5, 5.41) is 6.23. The minimum Gasteiger partial charge on any atom is -0.494 e. The Morgan fingerprint density at radius 2 is 1.89 bits per heavy atom. The molecule has 1 spiro atoms. The number of nitrogens with zero attached hydrogens (tertiary/aromatic N) is 1. The molecule has 2 bridgehead atoms. The summed E-state index contributed by atoms with van der Waals surface area (Å²) in [6.07, 6.45) is 8.19. The molecule has 1 saturated carbocycles. The van der Waals surface area contributed by atoms with E-state index in [1.54, 1.807) is 29.2 Å². The van der Waals surface area contributed by atoms with E-state index in [0.29, 0.717) is 24.6 Å². The quantitative estimate of drug-likeness (QED) is 0.522. The molecule has 2 N–H and O–H groups in total. The highest BCUT2D eigenvalue weighted by Gasteiger charge is 2.73. The van der Waals surface area contributed by atoms with Gasteiger partial charge in [0.15, 0.2) is 0 Å². The van der Waals surface area contributed by atoms with Crippen LogP contribution in [0.5, 0.6) is 5.75 Å². The summed E-state index contributed by atoms with van der Waals surface area (Å²) in [7, 11) is 0. The van der Waals surface area contributed by atoms with Crippen LogP contribution >= 0.6 is 0 Å². The average molecular weight is 510 g/mol. The second kappa shape index (κ2) is 10.1. The van der Waals surface area contributed by atoms with Crippen molar-refractivity contribution in [2.75, 3.05) is 11.9 Å². The molecule has 200 valence electrons. The van der Waals surface area contributed by atoms with E-state index in [9.17, 15) is 14.4 Å². The topological polar surface area (TPSA) is 97.0 Å². The minimum atomic E-state index is -1.13. The SMILES string of the molecule is CCOc1ccc(NC(=O)[C@H]2[C@H]3C=C[C@@]4(O3)[C@H]2C(=O)N([C@H](C)CC)[C@@H]4C(=O)N[C@H]2CCCC[C@@H]2C)cc1. The van der Waals surface area contributed by atoms with Gasteiger partial charge in [-0.1, -0.05) is 38.8 Å². The number of rotatable bonds is 8. The van der Waals surface area contributed by atoms with Gasteiger partial charge in [-0.05, 0) is 63.3 Å². The molecule has 1 aromatic carbocycles. The summed E-state index contributed by atoms with van der Waals surface area (Å²) in [5.74, 6) is -0.950. The number of likely N-dealkylation sites (tertiary alicyclic amines) is 1. The van der Waals surface area contributed by atoms with Gasteiger partial charge in [0, 0.05) is 17.8 Å². The molecule has 3 amide bonds. The van der Waals surface area contributed by atoms with Gasteiger partial charge in [0.05, 0.1) is 24.5 Å². The Morgan fingerprint density at radius 3 is 2.57 bits per heavy atom. The number of anilines is 1. The van der Waals surface area contributed by atoms with Crippen LogP contribution in [0, 0.1) is 17.8 Å². The number of hydrogen-bond acceptors (Lipinski definition) is 5. The number of benzene rings is 1. The highest BCUT2D eigenvalue weighted by Crippen LogP contribution is 2.55. The number of hydrogen-bond donors (Lipinski definition) is 2. The summed E-state index contributed by atoms with van der Waals surface area (Å²) in [6, 6.07) is 6.31. The van der Waals surface area contributed by atoms with Gasteiger partial charge in [0.1, 0.15) is 17.4 Å². The third kappa shape index (κ3) is 4.33. The fourth-order valence-corrected chi connectivity index (χ4v) is 6.70. The summed E-state index contributed by atoms with van der Waals surface area (Å²) in [5.41, 5.74) is -0.507. The van der Waals surface area contributed by atoms with Gasteiger partial charge in [0.2, 0.25) is 17.7 Å². The highest BCUT2D eigenvalue weighted by atomic mass is 16.5. The van der Waals surface area contributed by atoms with Crippen LogP contribution in [0.3, 0.4) is 0 Å². The molecule has 8 nitrogen and oxygen atoms in total. The number of fused-ring (bicyclic) bond motifs is 1. The zero-order valence-electron chi connectivity index (χ0n) is 22.2. The molecule has 0 aromatic heterocycles. The maximum atomic E-state index is 14.0. The predicted molar refractivity (Wildman–Crippen MR) is 140 cm³/mol. The van der Waals surface area contributed by atoms with Gasteiger partial charge in [0.25, 0.3) is 0 Å². The highest BCUT2D eigenvalue weighted by molar-refractivity contribution is 6.03. The molecule has 4 aliphatic rings. The molecule has 1 aromatic rings. The van der Waals surface area contributed by atoms with Crippen LogP contribution < -0.4 is 15.4 Å². The van der Waals surface area contributed by atoms with E-state index < -0.39 is 29.6 Å². The van der Waals surface area contributed by atoms with Crippen molar-refractivity contribution in [1.29, 1.82) is 0 Å². The lowest BCUT2D eigenvalue weighted by molar-refractivity contribution is -0.143. The van der Waals surface area contributed by atoms with E-state index in [1.807, 2.05) is 32.9 Å². The molecular weight excluding hydrogens is 470 g/mol. The third-order valence-electron chi connectivity index (χ3n) is 8.80. The van der Waals surface area contributed by atoms with Gasteiger partial charge < -0.3 is 25.0 Å². The Balaban J connectivity index is 1.41. The molecule has 0 radical (unpaired) electrons. The van der Waals surface area contributed by atoms with Crippen molar-refractivity contribution in [3.8, 4) is 5.75 Å². The number of ether oxygens (including phenoxy) is 2. The molecular formula is C29H39N3O5. The zero-order valence-corrected chi connectivity index (χ0v) is 22.2. The first kappa shape index (κ1) is 25.8. The molecule has 1 aliphatic carbocycles. The first-order valence-electron chi connectivity index (χ1n) is 13.8. The second-order valence-electron chi connectivity index (χ2n) is 11.0. The van der Waals surface area contributed by atoms with E-state index >= 15 is 0 Å². The smallest absolute Gasteiger partial charge is 0.246 e. The van der Waals surface area contributed by atoms with E-state index in [2.05, 4.69) is 17.6 Å². The van der Waals surface area contributed by atoms with Crippen molar-refractivity contribution in [3.05, 3.63) is 36.4 Å². The van der Waals surface area contributed by atoms with Crippen LogP contribution in [0.1, 0.15) is 59.8 Å². The fraction of sp³-hybridized carbons (Fsp3) is 0.621. The van der Waals surface area contributed by atoms with Gasteiger partial charge >= 0.3 is 0 Å². The summed E-state index contributed by atoms with van der Waals surface area (Å²) in [4.78, 5) is 43.1. The van der Waals surface area contributed by atoms with E-state index in [-0.39, 0.29) is 29.8 Å². The van der Waals surface area contributed by atoms with E-state index in [0.717, 1.165) is 25.0 Å². The first-order chi connectivity index (χ1) is 17.8. The van der Waals surface area contributed by atoms with Crippen molar-refractivity contribution in [2.45, 2.75) is 89.6 Å². The van der Waals surface area contributed by atoms with Crippen LogP contribution in [0.4, 0.5) is 5.69 Å². The molecule has 8 heteroatoms. The largest absolute Gasteiger partial charge is 0.494 e. The van der Waals surface area contributed by atoms with E-state index in [4.69, 9.17) is 9.47 Å². The number of carbonyl (C=O) groups excluding carboxylic acids is 3. The van der Waals surface area contributed by atoms with Crippen LogP contribution in [0.2, 0.25) is 0 Å². The summed E-state index contributed by atoms with van der Waals surface area (Å²) in [6.45, 7) is 8.62. The van der Waals surface area contributed by atoms with Gasteiger partial charge in [-0.25, -0.2) is 0 Å². The van der Waals surface area contributed by atoms with Crippen LogP contribution in [-0.4, -0.2) is 59.1 Å². The third-order valence-corrected chi connectivity index (χ3v) is 8.80. The maximum Gasteiger partial charge on any atom is 0.246 e. The lowest BCUT2D eigenvalue weighted by atomic mass is 9.74. The van der Waals surface area contributed by atoms with Crippen molar-refractivity contribution >= 4 is 23.4 Å². The first-order valence-corrected chi connectivity index (χ1v) is 13.8. The predicted octanol–water partition coefficient (Wildman–Crippen LogP) is 3.67. The monoisotopic (exact) mass is 509 g/mol. The van der Waals surface area contributed by atoms with Gasteiger partial charge in [-0.2, -0.15) is 0 Å². The Hall–Kier alpha value is -2.87. The molecule has 37 heavy (non-hydrogen) atoms. The normalized spacial score (nSPS) is 34.8. The zero-order chi connectivity index (χ0) is 26.3. The number of amides is 3. The minimum absolute atomic E-state index is 0.0897. The molecule has 3 aliphatic heterocycles. The standard InChI is InChI=1S/C29H39N3O5/c1-5-18(4)32-25(27(34)31-21-10-8-7-9-17(21)3)29-16-15-22(37-29)23(24(29)28(32)35)26(33)30-19-11-13-20(14-12-19)36-6-2/h11-18,21-25H,5-10H2,1-4H3,(H,30,33)(H,31,34)/t17-,18+,21-,22+,23-,24+,25+,29+/m0/s1. The van der Waals surface area contributed by atoms with Crippen molar-refractivity contribution in [2.24, 2.45) is 17.8 Å². The number of carbonyl (C=O) groups is 3. The van der Waals surface area contributed by atoms with E-state index in [1.165, 1.54) is 6.42 Å². The Bertz CT molecular complexity index is 1070.